The number of hydrogen-bond donors (Lipinski definition) is 0. The lowest BCUT2D eigenvalue weighted by Crippen LogP contribution is -2.29. The second kappa shape index (κ2) is 6.67. The number of fused-ring (bicyclic) bond motifs is 1. The molecule has 0 spiro atoms. The number of carbonyl (C=O) groups excluding carboxylic acids is 1. The summed E-state index contributed by atoms with van der Waals surface area (Å²) in [5.74, 6) is 0.0912. The molecule has 27 heavy (non-hydrogen) atoms. The summed E-state index contributed by atoms with van der Waals surface area (Å²) in [5, 5.41) is 8.04. The maximum Gasteiger partial charge on any atom is 0.281 e. The van der Waals surface area contributed by atoms with Crippen molar-refractivity contribution < 1.29 is 18.7 Å². The Kier molecular flexibility index (Phi) is 4.19. The van der Waals surface area contributed by atoms with Crippen molar-refractivity contribution in [3.63, 3.8) is 0 Å². The van der Waals surface area contributed by atoms with E-state index in [2.05, 4.69) is 15.3 Å². The number of pyridine rings is 1. The van der Waals surface area contributed by atoms with Crippen LogP contribution in [0, 0.1) is 12.7 Å². The molecule has 1 amide bonds. The van der Waals surface area contributed by atoms with Gasteiger partial charge in [0.2, 0.25) is 0 Å². The lowest BCUT2D eigenvalue weighted by Gasteiger charge is -2.19. The van der Waals surface area contributed by atoms with E-state index in [4.69, 9.17) is 9.47 Å². The van der Waals surface area contributed by atoms with Gasteiger partial charge in [-0.15, -0.1) is 5.10 Å². The largest absolute Gasteiger partial charge is 0.486 e. The Morgan fingerprint density at radius 2 is 2.00 bits per heavy atom. The quantitative estimate of drug-likeness (QED) is 0.704. The molecule has 0 N–H and O–H groups in total. The highest BCUT2D eigenvalue weighted by Crippen LogP contribution is 2.32. The first-order valence-electron chi connectivity index (χ1n) is 8.27. The first-order valence-corrected chi connectivity index (χ1v) is 8.27. The van der Waals surface area contributed by atoms with Crippen LogP contribution >= 0.6 is 0 Å². The molecule has 0 bridgehead atoms. The van der Waals surface area contributed by atoms with Crippen LogP contribution < -0.4 is 14.4 Å². The number of anilines is 1. The molecule has 1 aromatic carbocycles. The first kappa shape index (κ1) is 17.0. The zero-order chi connectivity index (χ0) is 19.0. The number of hydrogen-bond acceptors (Lipinski definition) is 6. The molecule has 0 aliphatic carbocycles. The lowest BCUT2D eigenvalue weighted by atomic mass is 10.2. The van der Waals surface area contributed by atoms with Crippen molar-refractivity contribution in [3.05, 3.63) is 53.7 Å². The topological polar surface area (TPSA) is 82.4 Å². The molecule has 0 atom stereocenters. The summed E-state index contributed by atoms with van der Waals surface area (Å²) in [6, 6.07) is 8.05. The van der Waals surface area contributed by atoms with Gasteiger partial charge in [0.25, 0.3) is 5.91 Å². The van der Waals surface area contributed by atoms with Crippen molar-refractivity contribution >= 4 is 11.7 Å². The summed E-state index contributed by atoms with van der Waals surface area (Å²) >= 11 is 0. The highest BCUT2D eigenvalue weighted by Gasteiger charge is 2.24. The van der Waals surface area contributed by atoms with Gasteiger partial charge in [-0.25, -0.2) is 14.1 Å². The van der Waals surface area contributed by atoms with E-state index in [1.54, 1.807) is 25.1 Å². The molecule has 0 unspecified atom stereocenters. The molecular weight excluding hydrogens is 353 g/mol. The minimum absolute atomic E-state index is 0.0734. The van der Waals surface area contributed by atoms with Crippen LogP contribution in [-0.4, -0.2) is 46.1 Å². The van der Waals surface area contributed by atoms with Gasteiger partial charge in [-0.3, -0.25) is 9.69 Å². The molecular formula is C18H16FN5O3. The van der Waals surface area contributed by atoms with Crippen LogP contribution in [-0.2, 0) is 0 Å². The molecule has 4 rings (SSSR count). The Hall–Kier alpha value is -3.49. The molecule has 0 fully saturated rings. The first-order chi connectivity index (χ1) is 13.1. The Bertz CT molecular complexity index is 1020. The van der Waals surface area contributed by atoms with Gasteiger partial charge in [-0.2, -0.15) is 0 Å². The van der Waals surface area contributed by atoms with Gasteiger partial charge < -0.3 is 9.47 Å². The van der Waals surface area contributed by atoms with Crippen LogP contribution in [0.25, 0.3) is 5.69 Å². The second-order valence-electron chi connectivity index (χ2n) is 5.94. The third-order valence-electron chi connectivity index (χ3n) is 4.23. The Morgan fingerprint density at radius 1 is 1.22 bits per heavy atom. The van der Waals surface area contributed by atoms with Gasteiger partial charge in [0.15, 0.2) is 28.8 Å². The molecule has 0 saturated carbocycles. The van der Waals surface area contributed by atoms with E-state index in [1.807, 2.05) is 0 Å². The third kappa shape index (κ3) is 2.97. The van der Waals surface area contributed by atoms with Crippen LogP contribution in [0.3, 0.4) is 0 Å². The van der Waals surface area contributed by atoms with Crippen molar-refractivity contribution in [2.75, 3.05) is 25.2 Å². The molecule has 1 aliphatic rings. The maximum absolute atomic E-state index is 13.9. The highest BCUT2D eigenvalue weighted by molar-refractivity contribution is 6.04. The van der Waals surface area contributed by atoms with E-state index in [0.717, 1.165) is 4.90 Å². The number of nitrogens with zero attached hydrogens (tertiary/aromatic N) is 5. The molecule has 9 heteroatoms. The number of halogens is 1. The number of carbonyl (C=O) groups is 1. The van der Waals surface area contributed by atoms with E-state index < -0.39 is 11.7 Å². The Morgan fingerprint density at radius 3 is 2.78 bits per heavy atom. The van der Waals surface area contributed by atoms with Crippen molar-refractivity contribution in [1.29, 1.82) is 0 Å². The van der Waals surface area contributed by atoms with E-state index in [-0.39, 0.29) is 11.5 Å². The molecule has 3 heterocycles. The molecule has 2 aromatic heterocycles. The third-order valence-corrected chi connectivity index (χ3v) is 4.23. The molecule has 3 aromatic rings. The molecule has 8 nitrogen and oxygen atoms in total. The van der Waals surface area contributed by atoms with Crippen LogP contribution in [0.2, 0.25) is 0 Å². The van der Waals surface area contributed by atoms with Crippen LogP contribution in [0.1, 0.15) is 16.2 Å². The average Bonchev–Trinajstić information content (AvgIpc) is 3.08. The SMILES string of the molecule is Cc1c(C(=O)N(C)c2ncccc2F)nnn1-c1ccc2c(c1)OCCO2. The fraction of sp³-hybridized carbons (Fsp3) is 0.222. The van der Waals surface area contributed by atoms with Crippen LogP contribution in [0.4, 0.5) is 10.2 Å². The smallest absolute Gasteiger partial charge is 0.281 e. The van der Waals surface area contributed by atoms with Crippen LogP contribution in [0.5, 0.6) is 11.5 Å². The number of rotatable bonds is 3. The maximum atomic E-state index is 13.9. The van der Waals surface area contributed by atoms with Crippen molar-refractivity contribution in [2.24, 2.45) is 0 Å². The monoisotopic (exact) mass is 369 g/mol. The second-order valence-corrected chi connectivity index (χ2v) is 5.94. The van der Waals surface area contributed by atoms with E-state index in [9.17, 15) is 9.18 Å². The van der Waals surface area contributed by atoms with Crippen molar-refractivity contribution in [2.45, 2.75) is 6.92 Å². The zero-order valence-electron chi connectivity index (χ0n) is 14.7. The fourth-order valence-electron chi connectivity index (χ4n) is 2.82. The van der Waals surface area contributed by atoms with Gasteiger partial charge in [0, 0.05) is 19.3 Å². The predicted molar refractivity (Wildman–Crippen MR) is 94.0 cm³/mol. The van der Waals surface area contributed by atoms with Gasteiger partial charge in [-0.05, 0) is 31.2 Å². The standard InChI is InChI=1S/C18H16FN5O3/c1-11-16(18(25)23(2)17-13(19)4-3-7-20-17)21-22-24(11)12-5-6-14-15(10-12)27-9-8-26-14/h3-7,10H,8-9H2,1-2H3. The summed E-state index contributed by atoms with van der Waals surface area (Å²) in [7, 11) is 1.44. The Balaban J connectivity index is 1.66. The molecule has 0 radical (unpaired) electrons. The average molecular weight is 369 g/mol. The highest BCUT2D eigenvalue weighted by atomic mass is 19.1. The van der Waals surface area contributed by atoms with Gasteiger partial charge in [0.05, 0.1) is 11.4 Å². The predicted octanol–water partition coefficient (Wildman–Crippen LogP) is 2.16. The van der Waals surface area contributed by atoms with E-state index in [0.29, 0.717) is 36.1 Å². The summed E-state index contributed by atoms with van der Waals surface area (Å²) in [6.45, 7) is 2.69. The minimum atomic E-state index is -0.592. The lowest BCUT2D eigenvalue weighted by molar-refractivity contribution is 0.0986. The van der Waals surface area contributed by atoms with Gasteiger partial charge in [0.1, 0.15) is 13.2 Å². The normalized spacial score (nSPS) is 12.7. The fourth-order valence-corrected chi connectivity index (χ4v) is 2.82. The Labute approximate surface area is 154 Å². The number of ether oxygens (including phenoxy) is 2. The van der Waals surface area contributed by atoms with Crippen molar-refractivity contribution in [1.82, 2.24) is 20.0 Å². The number of aromatic nitrogens is 4. The van der Waals surface area contributed by atoms with Gasteiger partial charge in [-0.1, -0.05) is 5.21 Å². The number of amides is 1. The number of benzene rings is 1. The molecule has 138 valence electrons. The van der Waals surface area contributed by atoms with Crippen molar-refractivity contribution in [3.8, 4) is 17.2 Å². The summed E-state index contributed by atoms with van der Waals surface area (Å²) < 4.78 is 26.5. The summed E-state index contributed by atoms with van der Waals surface area (Å²) in [6.07, 6.45) is 1.42. The summed E-state index contributed by atoms with van der Waals surface area (Å²) in [4.78, 5) is 17.8. The molecule has 0 saturated heterocycles. The van der Waals surface area contributed by atoms with Gasteiger partial charge >= 0.3 is 0 Å². The molecule has 1 aliphatic heterocycles. The van der Waals surface area contributed by atoms with E-state index in [1.165, 1.54) is 30.1 Å². The van der Waals surface area contributed by atoms with E-state index >= 15 is 0 Å². The summed E-state index contributed by atoms with van der Waals surface area (Å²) in [5.41, 5.74) is 1.30. The minimum Gasteiger partial charge on any atom is -0.486 e. The zero-order valence-corrected chi connectivity index (χ0v) is 14.7. The van der Waals surface area contributed by atoms with Crippen LogP contribution in [0.15, 0.2) is 36.5 Å².